The Bertz CT molecular complexity index is 611. The van der Waals surface area contributed by atoms with Crippen molar-refractivity contribution in [3.8, 4) is 0 Å². The number of nitrogens with one attached hydrogen (secondary N) is 2. The van der Waals surface area contributed by atoms with Crippen molar-refractivity contribution < 1.29 is 22.7 Å². The maximum absolute atomic E-state index is 11.9. The maximum atomic E-state index is 11.9. The predicted molar refractivity (Wildman–Crippen MR) is 83.3 cm³/mol. The molecule has 0 aliphatic rings. The van der Waals surface area contributed by atoms with E-state index in [1.165, 1.54) is 6.92 Å². The van der Waals surface area contributed by atoms with Gasteiger partial charge in [0.05, 0.1) is 18.1 Å². The van der Waals surface area contributed by atoms with Gasteiger partial charge in [-0.15, -0.1) is 0 Å². The molecule has 22 heavy (non-hydrogen) atoms. The Morgan fingerprint density at radius 2 is 1.82 bits per heavy atom. The van der Waals surface area contributed by atoms with Crippen molar-refractivity contribution in [1.82, 2.24) is 5.32 Å². The Morgan fingerprint density at radius 1 is 1.18 bits per heavy atom. The fourth-order valence-corrected chi connectivity index (χ4v) is 2.96. The van der Waals surface area contributed by atoms with Gasteiger partial charge in [0.2, 0.25) is 5.91 Å². The lowest BCUT2D eigenvalue weighted by atomic mass is 10.2. The lowest BCUT2D eigenvalue weighted by Crippen LogP contribution is -2.30. The maximum Gasteiger partial charge on any atom is 0.407 e. The summed E-state index contributed by atoms with van der Waals surface area (Å²) in [6.07, 6.45) is -0.627. The monoisotopic (exact) mass is 328 g/mol. The van der Waals surface area contributed by atoms with Crippen molar-refractivity contribution in [1.29, 1.82) is 0 Å². The third kappa shape index (κ3) is 7.07. The molecule has 0 aromatic heterocycles. The summed E-state index contributed by atoms with van der Waals surface area (Å²) in [6, 6.07) is 6.56. The molecule has 1 rings (SSSR count). The minimum absolute atomic E-state index is 0.00510. The van der Waals surface area contributed by atoms with Crippen LogP contribution in [0, 0.1) is 0 Å². The van der Waals surface area contributed by atoms with E-state index >= 15 is 0 Å². The van der Waals surface area contributed by atoms with E-state index in [0.717, 1.165) is 0 Å². The summed E-state index contributed by atoms with van der Waals surface area (Å²) in [4.78, 5) is 21.9. The number of anilines is 1. The topological polar surface area (TPSA) is 102 Å². The SMILES string of the molecule is CCOC(=O)NCCS(=O)(=O)Cc1ccc(NC(C)=O)cc1. The molecule has 0 radical (unpaired) electrons. The number of rotatable bonds is 7. The third-order valence-electron chi connectivity index (χ3n) is 2.62. The highest BCUT2D eigenvalue weighted by atomic mass is 32.2. The Hall–Kier alpha value is -2.09. The second-order valence-corrected chi connectivity index (χ2v) is 6.80. The van der Waals surface area contributed by atoms with Crippen molar-refractivity contribution in [2.24, 2.45) is 0 Å². The zero-order chi connectivity index (χ0) is 16.6. The van der Waals surface area contributed by atoms with E-state index in [9.17, 15) is 18.0 Å². The molecule has 2 amide bonds. The van der Waals surface area contributed by atoms with Gasteiger partial charge >= 0.3 is 6.09 Å². The van der Waals surface area contributed by atoms with Gasteiger partial charge in [0.1, 0.15) is 0 Å². The van der Waals surface area contributed by atoms with Crippen LogP contribution in [-0.4, -0.2) is 39.3 Å². The van der Waals surface area contributed by atoms with Crippen LogP contribution in [0.4, 0.5) is 10.5 Å². The summed E-state index contributed by atoms with van der Waals surface area (Å²) in [5.41, 5.74) is 1.22. The molecule has 0 aliphatic carbocycles. The molecular formula is C14H20N2O5S. The molecule has 122 valence electrons. The van der Waals surface area contributed by atoms with Crippen LogP contribution in [0.3, 0.4) is 0 Å². The minimum Gasteiger partial charge on any atom is -0.450 e. The largest absolute Gasteiger partial charge is 0.450 e. The Labute approximate surface area is 130 Å². The first kappa shape index (κ1) is 18.0. The number of alkyl carbamates (subject to hydrolysis) is 1. The van der Waals surface area contributed by atoms with E-state index in [1.54, 1.807) is 31.2 Å². The quantitative estimate of drug-likeness (QED) is 0.785. The number of benzene rings is 1. The van der Waals surface area contributed by atoms with E-state index in [1.807, 2.05) is 0 Å². The number of hydrogen-bond donors (Lipinski definition) is 2. The van der Waals surface area contributed by atoms with Gasteiger partial charge in [0.25, 0.3) is 0 Å². The number of ether oxygens (including phenoxy) is 1. The smallest absolute Gasteiger partial charge is 0.407 e. The highest BCUT2D eigenvalue weighted by Crippen LogP contribution is 2.12. The van der Waals surface area contributed by atoms with Crippen molar-refractivity contribution in [2.45, 2.75) is 19.6 Å². The number of sulfone groups is 1. The van der Waals surface area contributed by atoms with Crippen LogP contribution in [0.2, 0.25) is 0 Å². The summed E-state index contributed by atoms with van der Waals surface area (Å²) in [6.45, 7) is 3.31. The second-order valence-electron chi connectivity index (χ2n) is 4.62. The average molecular weight is 328 g/mol. The van der Waals surface area contributed by atoms with Gasteiger partial charge in [-0.05, 0) is 24.6 Å². The third-order valence-corrected chi connectivity index (χ3v) is 4.22. The van der Waals surface area contributed by atoms with Crippen molar-refractivity contribution in [2.75, 3.05) is 24.2 Å². The molecule has 0 heterocycles. The molecule has 0 aliphatic heterocycles. The summed E-state index contributed by atoms with van der Waals surface area (Å²) < 4.78 is 28.5. The summed E-state index contributed by atoms with van der Waals surface area (Å²) in [5.74, 6) is -0.484. The van der Waals surface area contributed by atoms with Gasteiger partial charge in [-0.25, -0.2) is 13.2 Å². The second kappa shape index (κ2) is 8.38. The Morgan fingerprint density at radius 3 is 2.36 bits per heavy atom. The van der Waals surface area contributed by atoms with Crippen LogP contribution < -0.4 is 10.6 Å². The number of hydrogen-bond acceptors (Lipinski definition) is 5. The molecule has 1 aromatic rings. The van der Waals surface area contributed by atoms with E-state index in [2.05, 4.69) is 15.4 Å². The van der Waals surface area contributed by atoms with Gasteiger partial charge in [-0.2, -0.15) is 0 Å². The predicted octanol–water partition coefficient (Wildman–Crippen LogP) is 1.31. The van der Waals surface area contributed by atoms with Gasteiger partial charge in [0, 0.05) is 19.2 Å². The molecule has 0 spiro atoms. The molecule has 0 saturated heterocycles. The lowest BCUT2D eigenvalue weighted by Gasteiger charge is -2.07. The Balaban J connectivity index is 2.50. The number of amides is 2. The fourth-order valence-electron chi connectivity index (χ4n) is 1.70. The van der Waals surface area contributed by atoms with E-state index < -0.39 is 15.9 Å². The van der Waals surface area contributed by atoms with Gasteiger partial charge < -0.3 is 15.4 Å². The average Bonchev–Trinajstić information content (AvgIpc) is 2.40. The molecule has 8 heteroatoms. The van der Waals surface area contributed by atoms with Crippen LogP contribution in [0.15, 0.2) is 24.3 Å². The summed E-state index contributed by atoms with van der Waals surface area (Å²) in [7, 11) is -3.34. The zero-order valence-corrected chi connectivity index (χ0v) is 13.4. The first-order valence-electron chi connectivity index (χ1n) is 6.80. The molecular weight excluding hydrogens is 308 g/mol. The number of carbonyl (C=O) groups excluding carboxylic acids is 2. The van der Waals surface area contributed by atoms with Gasteiger partial charge in [0.15, 0.2) is 9.84 Å². The van der Waals surface area contributed by atoms with Crippen LogP contribution in [0.1, 0.15) is 19.4 Å². The minimum atomic E-state index is -3.34. The highest BCUT2D eigenvalue weighted by molar-refractivity contribution is 7.90. The first-order chi connectivity index (χ1) is 10.3. The molecule has 0 saturated carbocycles. The lowest BCUT2D eigenvalue weighted by molar-refractivity contribution is -0.114. The summed E-state index contributed by atoms with van der Waals surface area (Å²) >= 11 is 0. The molecule has 7 nitrogen and oxygen atoms in total. The van der Waals surface area contributed by atoms with Crippen molar-refractivity contribution in [3.63, 3.8) is 0 Å². The van der Waals surface area contributed by atoms with E-state index in [4.69, 9.17) is 0 Å². The fraction of sp³-hybridized carbons (Fsp3) is 0.429. The standard InChI is InChI=1S/C14H20N2O5S/c1-3-21-14(18)15-8-9-22(19,20)10-12-4-6-13(7-5-12)16-11(2)17/h4-7H,3,8-10H2,1-2H3,(H,15,18)(H,16,17). The van der Waals surface area contributed by atoms with Crippen LogP contribution in [0.5, 0.6) is 0 Å². The zero-order valence-electron chi connectivity index (χ0n) is 12.6. The van der Waals surface area contributed by atoms with Crippen molar-refractivity contribution in [3.05, 3.63) is 29.8 Å². The normalized spacial score (nSPS) is 10.8. The molecule has 0 atom stereocenters. The van der Waals surface area contributed by atoms with Crippen LogP contribution >= 0.6 is 0 Å². The van der Waals surface area contributed by atoms with Crippen LogP contribution in [0.25, 0.3) is 0 Å². The highest BCUT2D eigenvalue weighted by Gasteiger charge is 2.13. The molecule has 0 bridgehead atoms. The van der Waals surface area contributed by atoms with Crippen LogP contribution in [-0.2, 0) is 25.1 Å². The number of carbonyl (C=O) groups is 2. The van der Waals surface area contributed by atoms with E-state index in [0.29, 0.717) is 11.3 Å². The molecule has 1 aromatic carbocycles. The van der Waals surface area contributed by atoms with Gasteiger partial charge in [-0.3, -0.25) is 4.79 Å². The Kier molecular flexibility index (Phi) is 6.84. The van der Waals surface area contributed by atoms with Gasteiger partial charge in [-0.1, -0.05) is 12.1 Å². The summed E-state index contributed by atoms with van der Waals surface area (Å²) in [5, 5.41) is 4.97. The molecule has 2 N–H and O–H groups in total. The molecule has 0 fully saturated rings. The first-order valence-corrected chi connectivity index (χ1v) is 8.62. The van der Waals surface area contributed by atoms with E-state index in [-0.39, 0.29) is 30.6 Å². The van der Waals surface area contributed by atoms with Crippen molar-refractivity contribution >= 4 is 27.5 Å². The molecule has 0 unspecified atom stereocenters.